The van der Waals surface area contributed by atoms with Crippen molar-refractivity contribution in [3.63, 3.8) is 0 Å². The van der Waals surface area contributed by atoms with E-state index >= 15 is 0 Å². The molecule has 2 N–H and O–H groups in total. The van der Waals surface area contributed by atoms with Gasteiger partial charge in [0.25, 0.3) is 11.8 Å². The Kier molecular flexibility index (Phi) is 7.35. The highest BCUT2D eigenvalue weighted by Gasteiger charge is 2.17. The molecule has 0 bridgehead atoms. The minimum absolute atomic E-state index is 0.0513. The molecule has 0 atom stereocenters. The van der Waals surface area contributed by atoms with Crippen LogP contribution in [0.25, 0.3) is 6.08 Å². The molecule has 3 aromatic carbocycles. The van der Waals surface area contributed by atoms with Gasteiger partial charge in [0.15, 0.2) is 0 Å². The van der Waals surface area contributed by atoms with E-state index in [2.05, 4.69) is 26.6 Å². The monoisotopic (exact) mass is 478 g/mol. The Balaban J connectivity index is 1.89. The van der Waals surface area contributed by atoms with Gasteiger partial charge in [-0.3, -0.25) is 9.59 Å². The number of hydrogen-bond acceptors (Lipinski definition) is 4. The van der Waals surface area contributed by atoms with Gasteiger partial charge >= 0.3 is 5.97 Å². The molecule has 3 aromatic rings. The van der Waals surface area contributed by atoms with E-state index in [-0.39, 0.29) is 5.70 Å². The summed E-state index contributed by atoms with van der Waals surface area (Å²) < 4.78 is 5.32. The molecule has 0 radical (unpaired) electrons. The third-order valence-electron chi connectivity index (χ3n) is 4.26. The van der Waals surface area contributed by atoms with Gasteiger partial charge in [0.05, 0.1) is 18.2 Å². The number of halogens is 1. The maximum Gasteiger partial charge on any atom is 0.337 e. The molecule has 156 valence electrons. The zero-order chi connectivity index (χ0) is 22.2. The van der Waals surface area contributed by atoms with Gasteiger partial charge in [0, 0.05) is 10.2 Å². The number of esters is 1. The number of nitrogens with one attached hydrogen (secondary N) is 2. The summed E-state index contributed by atoms with van der Waals surface area (Å²) in [7, 11) is 1.28. The van der Waals surface area contributed by atoms with Crippen molar-refractivity contribution < 1.29 is 19.1 Å². The second-order valence-electron chi connectivity index (χ2n) is 6.43. The minimum Gasteiger partial charge on any atom is -0.465 e. The summed E-state index contributed by atoms with van der Waals surface area (Å²) in [6.45, 7) is 0. The lowest BCUT2D eigenvalue weighted by Crippen LogP contribution is -2.31. The predicted molar refractivity (Wildman–Crippen MR) is 122 cm³/mol. The Morgan fingerprint density at radius 1 is 0.903 bits per heavy atom. The van der Waals surface area contributed by atoms with Gasteiger partial charge in [0.1, 0.15) is 5.70 Å². The van der Waals surface area contributed by atoms with Crippen molar-refractivity contribution in [1.82, 2.24) is 5.32 Å². The van der Waals surface area contributed by atoms with Crippen LogP contribution in [0.2, 0.25) is 0 Å². The Morgan fingerprint density at radius 2 is 1.61 bits per heavy atom. The van der Waals surface area contributed by atoms with Crippen LogP contribution in [0.1, 0.15) is 26.3 Å². The quantitative estimate of drug-likeness (QED) is 0.399. The first-order valence-electron chi connectivity index (χ1n) is 9.30. The molecule has 0 saturated heterocycles. The molecular formula is C24H19BrN2O4. The average molecular weight is 479 g/mol. The van der Waals surface area contributed by atoms with Crippen LogP contribution in [-0.4, -0.2) is 24.9 Å². The molecule has 0 aliphatic rings. The van der Waals surface area contributed by atoms with Crippen molar-refractivity contribution in [2.24, 2.45) is 0 Å². The number of rotatable bonds is 6. The van der Waals surface area contributed by atoms with Gasteiger partial charge in [-0.1, -0.05) is 48.5 Å². The number of carbonyl (C=O) groups is 3. The zero-order valence-electron chi connectivity index (χ0n) is 16.6. The summed E-state index contributed by atoms with van der Waals surface area (Å²) in [5.74, 6) is -1.49. The second-order valence-corrected chi connectivity index (χ2v) is 7.28. The first-order chi connectivity index (χ1) is 15.0. The van der Waals surface area contributed by atoms with E-state index in [1.165, 1.54) is 13.2 Å². The van der Waals surface area contributed by atoms with Crippen molar-refractivity contribution in [3.8, 4) is 0 Å². The van der Waals surface area contributed by atoms with Gasteiger partial charge in [-0.05, 0) is 57.9 Å². The van der Waals surface area contributed by atoms with Crippen LogP contribution in [0.3, 0.4) is 0 Å². The molecular weight excluding hydrogens is 460 g/mol. The van der Waals surface area contributed by atoms with Crippen LogP contribution in [-0.2, 0) is 9.53 Å². The molecule has 0 aliphatic heterocycles. The predicted octanol–water partition coefficient (Wildman–Crippen LogP) is 4.65. The van der Waals surface area contributed by atoms with E-state index < -0.39 is 17.8 Å². The Morgan fingerprint density at radius 3 is 2.32 bits per heavy atom. The van der Waals surface area contributed by atoms with Gasteiger partial charge < -0.3 is 15.4 Å². The summed E-state index contributed by atoms with van der Waals surface area (Å²) in [5.41, 5.74) is 1.87. The van der Waals surface area contributed by atoms with Gasteiger partial charge in [-0.25, -0.2) is 4.79 Å². The van der Waals surface area contributed by atoms with E-state index in [1.54, 1.807) is 48.5 Å². The normalized spacial score (nSPS) is 10.8. The fourth-order valence-electron chi connectivity index (χ4n) is 2.75. The first kappa shape index (κ1) is 22.0. The summed E-state index contributed by atoms with van der Waals surface area (Å²) in [5, 5.41) is 5.39. The van der Waals surface area contributed by atoms with E-state index in [4.69, 9.17) is 4.74 Å². The molecule has 0 heterocycles. The van der Waals surface area contributed by atoms with Gasteiger partial charge in [0.2, 0.25) is 0 Å². The number of methoxy groups -OCH3 is 1. The van der Waals surface area contributed by atoms with Crippen LogP contribution < -0.4 is 10.6 Å². The molecule has 2 amide bonds. The molecule has 0 saturated carbocycles. The second kappa shape index (κ2) is 10.4. The summed E-state index contributed by atoms with van der Waals surface area (Å²) in [6.07, 6.45) is 1.58. The Bertz CT molecular complexity index is 1140. The highest BCUT2D eigenvalue weighted by molar-refractivity contribution is 9.10. The van der Waals surface area contributed by atoms with Crippen LogP contribution in [0.5, 0.6) is 0 Å². The number of hydrogen-bond donors (Lipinski definition) is 2. The van der Waals surface area contributed by atoms with Crippen molar-refractivity contribution in [1.29, 1.82) is 0 Å². The lowest BCUT2D eigenvalue weighted by atomic mass is 10.1. The van der Waals surface area contributed by atoms with E-state index in [0.717, 1.165) is 5.56 Å². The summed E-state index contributed by atoms with van der Waals surface area (Å²) >= 11 is 3.35. The van der Waals surface area contributed by atoms with E-state index in [1.807, 2.05) is 30.3 Å². The highest BCUT2D eigenvalue weighted by atomic mass is 79.9. The average Bonchev–Trinajstić information content (AvgIpc) is 2.79. The van der Waals surface area contributed by atoms with E-state index in [0.29, 0.717) is 21.3 Å². The number of amides is 2. The van der Waals surface area contributed by atoms with Crippen molar-refractivity contribution in [2.45, 2.75) is 0 Å². The van der Waals surface area contributed by atoms with Crippen LogP contribution in [0.4, 0.5) is 5.69 Å². The number of benzene rings is 3. The summed E-state index contributed by atoms with van der Waals surface area (Å²) in [6, 6.07) is 22.4. The summed E-state index contributed by atoms with van der Waals surface area (Å²) in [4.78, 5) is 37.5. The van der Waals surface area contributed by atoms with E-state index in [9.17, 15) is 14.4 Å². The van der Waals surface area contributed by atoms with Gasteiger partial charge in [-0.15, -0.1) is 0 Å². The topological polar surface area (TPSA) is 84.5 Å². The standard InChI is InChI=1S/C24H19BrN2O4/c1-31-24(30)17-10-7-11-18(15-17)26-23(29)21(14-16-8-3-2-4-9-16)27-22(28)19-12-5-6-13-20(19)25/h2-15H,1H3,(H,26,29)(H,27,28)/b21-14+. The van der Waals surface area contributed by atoms with Crippen LogP contribution in [0, 0.1) is 0 Å². The van der Waals surface area contributed by atoms with Crippen molar-refractivity contribution in [2.75, 3.05) is 12.4 Å². The minimum atomic E-state index is -0.536. The van der Waals surface area contributed by atoms with Crippen LogP contribution >= 0.6 is 15.9 Å². The maximum atomic E-state index is 13.0. The fourth-order valence-corrected chi connectivity index (χ4v) is 3.21. The van der Waals surface area contributed by atoms with Crippen molar-refractivity contribution >= 4 is 45.5 Å². The third kappa shape index (κ3) is 5.90. The lowest BCUT2D eigenvalue weighted by molar-refractivity contribution is -0.113. The smallest absolute Gasteiger partial charge is 0.337 e. The number of anilines is 1. The molecule has 0 spiro atoms. The number of carbonyl (C=O) groups excluding carboxylic acids is 3. The molecule has 0 aromatic heterocycles. The third-order valence-corrected chi connectivity index (χ3v) is 4.95. The molecule has 6 nitrogen and oxygen atoms in total. The largest absolute Gasteiger partial charge is 0.465 e. The van der Waals surface area contributed by atoms with Crippen molar-refractivity contribution in [3.05, 3.63) is 106 Å². The zero-order valence-corrected chi connectivity index (χ0v) is 18.2. The molecule has 0 fully saturated rings. The SMILES string of the molecule is COC(=O)c1cccc(NC(=O)/C(=C\c2ccccc2)NC(=O)c2ccccc2Br)c1. The Hall–Kier alpha value is -3.71. The highest BCUT2D eigenvalue weighted by Crippen LogP contribution is 2.17. The first-order valence-corrected chi connectivity index (χ1v) is 10.1. The van der Waals surface area contributed by atoms with Gasteiger partial charge in [-0.2, -0.15) is 0 Å². The fraction of sp³-hybridized carbons (Fsp3) is 0.0417. The molecule has 31 heavy (non-hydrogen) atoms. The molecule has 0 unspecified atom stereocenters. The molecule has 7 heteroatoms. The number of ether oxygens (including phenoxy) is 1. The maximum absolute atomic E-state index is 13.0. The lowest BCUT2D eigenvalue weighted by Gasteiger charge is -2.12. The van der Waals surface area contributed by atoms with Crippen LogP contribution in [0.15, 0.2) is 89.0 Å². The Labute approximate surface area is 188 Å². The molecule has 0 aliphatic carbocycles. The molecule has 3 rings (SSSR count).